The fourth-order valence-corrected chi connectivity index (χ4v) is 3.58. The minimum Gasteiger partial charge on any atom is -0.345 e. The Morgan fingerprint density at radius 1 is 0.968 bits per heavy atom. The van der Waals surface area contributed by atoms with Crippen molar-refractivity contribution in [2.45, 2.75) is 13.5 Å². The van der Waals surface area contributed by atoms with Crippen molar-refractivity contribution < 1.29 is 4.79 Å². The van der Waals surface area contributed by atoms with Crippen LogP contribution in [-0.4, -0.2) is 30.1 Å². The largest absolute Gasteiger partial charge is 0.345 e. The summed E-state index contributed by atoms with van der Waals surface area (Å²) in [5.41, 5.74) is 2.39. The number of amides is 1. The van der Waals surface area contributed by atoms with Crippen molar-refractivity contribution >= 4 is 22.5 Å². The Morgan fingerprint density at radius 2 is 1.74 bits per heavy atom. The van der Waals surface area contributed by atoms with Gasteiger partial charge in [-0.05, 0) is 55.5 Å². The fourth-order valence-electron chi connectivity index (χ4n) is 3.58. The molecule has 0 radical (unpaired) electrons. The van der Waals surface area contributed by atoms with Crippen LogP contribution in [-0.2, 0) is 6.54 Å². The molecule has 152 valence electrons. The average Bonchev–Trinajstić information content (AvgIpc) is 3.21. The van der Waals surface area contributed by atoms with Gasteiger partial charge in [0, 0.05) is 11.8 Å². The molecule has 8 heteroatoms. The van der Waals surface area contributed by atoms with Crippen LogP contribution in [0.4, 0.5) is 0 Å². The number of benzene rings is 2. The molecule has 0 saturated heterocycles. The number of rotatable bonds is 4. The van der Waals surface area contributed by atoms with E-state index in [2.05, 4.69) is 20.5 Å². The summed E-state index contributed by atoms with van der Waals surface area (Å²) in [5, 5.41) is 11.6. The molecule has 0 saturated carbocycles. The number of aryl methyl sites for hydroxylation is 1. The number of fused-ring (bicyclic) bond motifs is 2. The van der Waals surface area contributed by atoms with Gasteiger partial charge in [0.05, 0.1) is 23.1 Å². The van der Waals surface area contributed by atoms with Gasteiger partial charge in [0.15, 0.2) is 11.5 Å². The van der Waals surface area contributed by atoms with E-state index in [1.165, 1.54) is 0 Å². The first kappa shape index (κ1) is 18.7. The predicted octanol–water partition coefficient (Wildman–Crippen LogP) is 2.67. The Balaban J connectivity index is 1.38. The third-order valence-corrected chi connectivity index (χ3v) is 5.12. The summed E-state index contributed by atoms with van der Waals surface area (Å²) < 4.78 is 3.37. The number of pyridine rings is 1. The highest BCUT2D eigenvalue weighted by atomic mass is 16.1. The predicted molar refractivity (Wildman–Crippen MR) is 116 cm³/mol. The smallest absolute Gasteiger partial charge is 0.265 e. The zero-order valence-electron chi connectivity index (χ0n) is 16.7. The lowest BCUT2D eigenvalue weighted by molar-refractivity contribution is 0.0950. The number of hydrogen-bond donors (Lipinski definition) is 1. The van der Waals surface area contributed by atoms with Gasteiger partial charge in [-0.2, -0.15) is 0 Å². The third kappa shape index (κ3) is 3.33. The van der Waals surface area contributed by atoms with E-state index in [-0.39, 0.29) is 18.0 Å². The van der Waals surface area contributed by atoms with Crippen molar-refractivity contribution in [3.63, 3.8) is 0 Å². The zero-order valence-corrected chi connectivity index (χ0v) is 16.7. The zero-order chi connectivity index (χ0) is 21.4. The van der Waals surface area contributed by atoms with E-state index >= 15 is 0 Å². The molecule has 0 spiro atoms. The standard InChI is InChI=1S/C23H18N6O2/c1-15-25-19-7-3-2-6-18(19)23(31)29(15)17-11-9-16(10-12-17)22(30)24-14-21-27-26-20-8-4-5-13-28(20)21/h2-13H,14H2,1H3,(H,24,30). The van der Waals surface area contributed by atoms with Gasteiger partial charge >= 0.3 is 0 Å². The SMILES string of the molecule is Cc1nc2ccccc2c(=O)n1-c1ccc(C(=O)NCc2nnc3ccccn23)cc1. The maximum atomic E-state index is 12.9. The van der Waals surface area contributed by atoms with Crippen LogP contribution in [0.15, 0.2) is 77.7 Å². The van der Waals surface area contributed by atoms with Gasteiger partial charge in [0.25, 0.3) is 11.5 Å². The Labute approximate surface area is 176 Å². The summed E-state index contributed by atoms with van der Waals surface area (Å²) in [7, 11) is 0. The summed E-state index contributed by atoms with van der Waals surface area (Å²) in [4.78, 5) is 30.0. The van der Waals surface area contributed by atoms with Crippen LogP contribution < -0.4 is 10.9 Å². The van der Waals surface area contributed by atoms with E-state index in [0.717, 1.165) is 5.65 Å². The summed E-state index contributed by atoms with van der Waals surface area (Å²) >= 11 is 0. The van der Waals surface area contributed by atoms with Crippen LogP contribution in [0.5, 0.6) is 0 Å². The lowest BCUT2D eigenvalue weighted by Gasteiger charge is -2.11. The molecular formula is C23H18N6O2. The van der Waals surface area contributed by atoms with Crippen molar-refractivity contribution in [3.05, 3.63) is 100 Å². The molecular weight excluding hydrogens is 392 g/mol. The summed E-state index contributed by atoms with van der Waals surface area (Å²) in [6, 6.07) is 19.7. The fraction of sp³-hybridized carbons (Fsp3) is 0.0870. The number of nitrogens with one attached hydrogen (secondary N) is 1. The van der Waals surface area contributed by atoms with Crippen molar-refractivity contribution in [1.29, 1.82) is 0 Å². The number of para-hydroxylation sites is 1. The van der Waals surface area contributed by atoms with E-state index in [4.69, 9.17) is 0 Å². The molecule has 0 fully saturated rings. The average molecular weight is 410 g/mol. The molecule has 5 aromatic rings. The molecule has 8 nitrogen and oxygen atoms in total. The molecule has 0 bridgehead atoms. The molecule has 3 aromatic heterocycles. The molecule has 5 rings (SSSR count). The lowest BCUT2D eigenvalue weighted by atomic mass is 10.2. The molecule has 0 aliphatic carbocycles. The summed E-state index contributed by atoms with van der Waals surface area (Å²) in [5.74, 6) is 0.990. The van der Waals surface area contributed by atoms with Crippen LogP contribution in [0, 0.1) is 6.92 Å². The van der Waals surface area contributed by atoms with Crippen LogP contribution >= 0.6 is 0 Å². The van der Waals surface area contributed by atoms with E-state index in [9.17, 15) is 9.59 Å². The van der Waals surface area contributed by atoms with Crippen molar-refractivity contribution in [2.75, 3.05) is 0 Å². The first-order valence-corrected chi connectivity index (χ1v) is 9.77. The highest BCUT2D eigenvalue weighted by molar-refractivity contribution is 5.94. The Kier molecular flexibility index (Phi) is 4.51. The first-order valence-electron chi connectivity index (χ1n) is 9.77. The number of carbonyl (C=O) groups is 1. The van der Waals surface area contributed by atoms with Gasteiger partial charge in [-0.1, -0.05) is 18.2 Å². The third-order valence-electron chi connectivity index (χ3n) is 5.12. The second-order valence-corrected chi connectivity index (χ2v) is 7.09. The van der Waals surface area contributed by atoms with Crippen LogP contribution in [0.2, 0.25) is 0 Å². The number of carbonyl (C=O) groups excluding carboxylic acids is 1. The maximum absolute atomic E-state index is 12.9. The normalized spacial score (nSPS) is 11.1. The molecule has 0 unspecified atom stereocenters. The molecule has 31 heavy (non-hydrogen) atoms. The van der Waals surface area contributed by atoms with E-state index in [1.54, 1.807) is 41.8 Å². The van der Waals surface area contributed by atoms with Gasteiger partial charge < -0.3 is 5.32 Å². The maximum Gasteiger partial charge on any atom is 0.265 e. The van der Waals surface area contributed by atoms with Gasteiger partial charge in [0.1, 0.15) is 5.82 Å². The summed E-state index contributed by atoms with van der Waals surface area (Å²) in [6.45, 7) is 2.04. The highest BCUT2D eigenvalue weighted by Gasteiger charge is 2.12. The van der Waals surface area contributed by atoms with E-state index in [1.807, 2.05) is 47.0 Å². The quantitative estimate of drug-likeness (QED) is 0.492. The van der Waals surface area contributed by atoms with Crippen LogP contribution in [0.3, 0.4) is 0 Å². The van der Waals surface area contributed by atoms with Gasteiger partial charge in [0.2, 0.25) is 0 Å². The molecule has 0 aliphatic rings. The lowest BCUT2D eigenvalue weighted by Crippen LogP contribution is -2.24. The molecule has 0 atom stereocenters. The topological polar surface area (TPSA) is 94.2 Å². The second-order valence-electron chi connectivity index (χ2n) is 7.09. The Hall–Kier alpha value is -4.33. The molecule has 1 amide bonds. The van der Waals surface area contributed by atoms with Crippen molar-refractivity contribution in [1.82, 2.24) is 29.5 Å². The second kappa shape index (κ2) is 7.49. The highest BCUT2D eigenvalue weighted by Crippen LogP contribution is 2.14. The van der Waals surface area contributed by atoms with Crippen molar-refractivity contribution in [3.8, 4) is 5.69 Å². The minimum atomic E-state index is -0.236. The number of nitrogens with zero attached hydrogens (tertiary/aromatic N) is 5. The summed E-state index contributed by atoms with van der Waals surface area (Å²) in [6.07, 6.45) is 1.85. The Morgan fingerprint density at radius 3 is 2.58 bits per heavy atom. The van der Waals surface area contributed by atoms with Crippen LogP contribution in [0.25, 0.3) is 22.2 Å². The van der Waals surface area contributed by atoms with Gasteiger partial charge in [-0.3, -0.25) is 18.6 Å². The molecule has 2 aromatic carbocycles. The first-order chi connectivity index (χ1) is 15.1. The number of hydrogen-bond acceptors (Lipinski definition) is 5. The van der Waals surface area contributed by atoms with Crippen LogP contribution in [0.1, 0.15) is 22.0 Å². The molecule has 1 N–H and O–H groups in total. The van der Waals surface area contributed by atoms with E-state index in [0.29, 0.717) is 33.8 Å². The minimum absolute atomic E-state index is 0.140. The number of aromatic nitrogens is 5. The Bertz CT molecular complexity index is 1480. The van der Waals surface area contributed by atoms with Gasteiger partial charge in [-0.25, -0.2) is 4.98 Å². The monoisotopic (exact) mass is 410 g/mol. The molecule has 3 heterocycles. The van der Waals surface area contributed by atoms with Gasteiger partial charge in [-0.15, -0.1) is 10.2 Å². The van der Waals surface area contributed by atoms with E-state index < -0.39 is 0 Å². The van der Waals surface area contributed by atoms with Crippen molar-refractivity contribution in [2.24, 2.45) is 0 Å². The molecule has 0 aliphatic heterocycles.